The van der Waals surface area contributed by atoms with Gasteiger partial charge in [-0.25, -0.2) is 18.1 Å². The van der Waals surface area contributed by atoms with Crippen LogP contribution in [0.2, 0.25) is 0 Å². The number of aromatic nitrogens is 1. The molecule has 1 N–H and O–H groups in total. The largest absolute Gasteiger partial charge is 0.465 e. The fourth-order valence-corrected chi connectivity index (χ4v) is 4.26. The average molecular weight is 314 g/mol. The molecule has 0 aliphatic rings. The molecule has 2 rings (SSSR count). The maximum atomic E-state index is 12.2. The van der Waals surface area contributed by atoms with Crippen LogP contribution in [0.25, 0.3) is 0 Å². The highest BCUT2D eigenvalue weighted by atomic mass is 32.2. The number of thiazole rings is 1. The first-order valence-electron chi connectivity index (χ1n) is 6.29. The Balaban J connectivity index is 2.03. The zero-order valence-corrected chi connectivity index (χ0v) is 13.6. The van der Waals surface area contributed by atoms with Crippen LogP contribution in [0.5, 0.6) is 0 Å². The van der Waals surface area contributed by atoms with Gasteiger partial charge in [0.05, 0.1) is 10.7 Å². The molecule has 0 fully saturated rings. The monoisotopic (exact) mass is 314 g/mol. The Hall–Kier alpha value is -1.18. The van der Waals surface area contributed by atoms with Gasteiger partial charge >= 0.3 is 0 Å². The normalized spacial score (nSPS) is 12.0. The van der Waals surface area contributed by atoms with Gasteiger partial charge in [0.25, 0.3) is 0 Å². The lowest BCUT2D eigenvalue weighted by molar-refractivity contribution is 0.495. The molecular formula is C13H18N2O3S2. The van der Waals surface area contributed by atoms with Gasteiger partial charge in [-0.15, -0.1) is 11.3 Å². The summed E-state index contributed by atoms with van der Waals surface area (Å²) in [4.78, 5) is 5.66. The summed E-state index contributed by atoms with van der Waals surface area (Å²) in [5.41, 5.74) is 0.974. The van der Waals surface area contributed by atoms with E-state index >= 15 is 0 Å². The van der Waals surface area contributed by atoms with E-state index in [0.29, 0.717) is 24.5 Å². The Morgan fingerprint density at radius 2 is 2.00 bits per heavy atom. The van der Waals surface area contributed by atoms with Gasteiger partial charge in [0, 0.05) is 11.4 Å². The highest BCUT2D eigenvalue weighted by molar-refractivity contribution is 7.89. The smallest absolute Gasteiger partial charge is 0.244 e. The minimum atomic E-state index is -3.51. The van der Waals surface area contributed by atoms with Crippen LogP contribution in [0.3, 0.4) is 0 Å². The van der Waals surface area contributed by atoms with E-state index in [9.17, 15) is 8.42 Å². The summed E-state index contributed by atoms with van der Waals surface area (Å²) in [7, 11) is -3.51. The molecule has 2 heterocycles. The van der Waals surface area contributed by atoms with E-state index in [1.165, 1.54) is 0 Å². The molecule has 20 heavy (non-hydrogen) atoms. The van der Waals surface area contributed by atoms with E-state index in [-0.39, 0.29) is 4.90 Å². The third kappa shape index (κ3) is 3.28. The van der Waals surface area contributed by atoms with Gasteiger partial charge in [0.2, 0.25) is 10.0 Å². The molecule has 0 saturated carbocycles. The Morgan fingerprint density at radius 3 is 2.50 bits per heavy atom. The van der Waals surface area contributed by atoms with Crippen molar-refractivity contribution in [2.24, 2.45) is 0 Å². The van der Waals surface area contributed by atoms with Crippen molar-refractivity contribution >= 4 is 21.4 Å². The molecule has 0 aromatic carbocycles. The Morgan fingerprint density at radius 1 is 1.30 bits per heavy atom. The molecule has 0 spiro atoms. The number of rotatable bonds is 5. The summed E-state index contributed by atoms with van der Waals surface area (Å²) in [6, 6.07) is 1.54. The van der Waals surface area contributed by atoms with Crippen molar-refractivity contribution in [3.8, 4) is 0 Å². The number of sulfonamides is 1. The van der Waals surface area contributed by atoms with E-state index in [1.54, 1.807) is 31.3 Å². The zero-order chi connectivity index (χ0) is 14.9. The molecule has 0 aliphatic carbocycles. The van der Waals surface area contributed by atoms with Crippen LogP contribution in [-0.4, -0.2) is 19.9 Å². The fraction of sp³-hybridized carbons (Fsp3) is 0.462. The summed E-state index contributed by atoms with van der Waals surface area (Å²) in [5.74, 6) is 1.01. The Labute approximate surface area is 123 Å². The molecular weight excluding hydrogens is 296 g/mol. The van der Waals surface area contributed by atoms with Crippen molar-refractivity contribution in [1.29, 1.82) is 0 Å². The molecule has 2 aromatic heterocycles. The topological polar surface area (TPSA) is 72.2 Å². The zero-order valence-electron chi connectivity index (χ0n) is 12.0. The first-order chi connectivity index (χ1) is 9.29. The van der Waals surface area contributed by atoms with E-state index < -0.39 is 10.0 Å². The van der Waals surface area contributed by atoms with E-state index in [1.807, 2.05) is 13.8 Å². The second-order valence-electron chi connectivity index (χ2n) is 4.67. The van der Waals surface area contributed by atoms with E-state index in [4.69, 9.17) is 4.42 Å². The highest BCUT2D eigenvalue weighted by Crippen LogP contribution is 2.20. The van der Waals surface area contributed by atoms with Gasteiger partial charge in [-0.3, -0.25) is 0 Å². The van der Waals surface area contributed by atoms with Crippen molar-refractivity contribution in [1.82, 2.24) is 9.71 Å². The van der Waals surface area contributed by atoms with Crippen LogP contribution in [0, 0.1) is 27.7 Å². The predicted octanol–water partition coefficient (Wildman–Crippen LogP) is 2.49. The molecule has 0 atom stereocenters. The van der Waals surface area contributed by atoms with Crippen molar-refractivity contribution < 1.29 is 12.8 Å². The van der Waals surface area contributed by atoms with Crippen molar-refractivity contribution in [3.05, 3.63) is 33.2 Å². The van der Waals surface area contributed by atoms with Gasteiger partial charge in [0.1, 0.15) is 16.4 Å². The molecule has 110 valence electrons. The summed E-state index contributed by atoms with van der Waals surface area (Å²) in [6.07, 6.45) is 0.645. The van der Waals surface area contributed by atoms with Crippen LogP contribution < -0.4 is 4.72 Å². The van der Waals surface area contributed by atoms with Crippen LogP contribution in [-0.2, 0) is 16.4 Å². The maximum absolute atomic E-state index is 12.2. The third-order valence-electron chi connectivity index (χ3n) is 2.93. The predicted molar refractivity (Wildman–Crippen MR) is 78.7 cm³/mol. The van der Waals surface area contributed by atoms with Gasteiger partial charge in [-0.1, -0.05) is 0 Å². The summed E-state index contributed by atoms with van der Waals surface area (Å²) < 4.78 is 32.2. The summed E-state index contributed by atoms with van der Waals surface area (Å²) in [5, 5.41) is 1.00. The van der Waals surface area contributed by atoms with Crippen LogP contribution in [0.15, 0.2) is 15.4 Å². The lowest BCUT2D eigenvalue weighted by atomic mass is 10.3. The Kier molecular flexibility index (Phi) is 4.31. The van der Waals surface area contributed by atoms with Crippen molar-refractivity contribution in [2.45, 2.75) is 39.0 Å². The first kappa shape index (κ1) is 15.2. The van der Waals surface area contributed by atoms with Crippen LogP contribution in [0.4, 0.5) is 0 Å². The summed E-state index contributed by atoms with van der Waals surface area (Å²) >= 11 is 1.60. The van der Waals surface area contributed by atoms with Crippen molar-refractivity contribution in [3.63, 3.8) is 0 Å². The molecule has 0 aliphatic heterocycles. The minimum Gasteiger partial charge on any atom is -0.465 e. The first-order valence-corrected chi connectivity index (χ1v) is 8.59. The molecule has 0 bridgehead atoms. The van der Waals surface area contributed by atoms with Crippen LogP contribution in [0.1, 0.15) is 27.1 Å². The van der Waals surface area contributed by atoms with E-state index in [0.717, 1.165) is 15.6 Å². The molecule has 0 amide bonds. The molecule has 0 radical (unpaired) electrons. The molecule has 0 saturated heterocycles. The van der Waals surface area contributed by atoms with Crippen molar-refractivity contribution in [2.75, 3.05) is 6.54 Å². The number of hydrogen-bond acceptors (Lipinski definition) is 5. The molecule has 7 heteroatoms. The highest BCUT2D eigenvalue weighted by Gasteiger charge is 2.20. The van der Waals surface area contributed by atoms with Gasteiger partial charge < -0.3 is 4.42 Å². The van der Waals surface area contributed by atoms with Gasteiger partial charge in [-0.05, 0) is 40.2 Å². The fourth-order valence-electron chi connectivity index (χ4n) is 2.06. The number of nitrogens with zero attached hydrogens (tertiary/aromatic N) is 1. The average Bonchev–Trinajstić information content (AvgIpc) is 2.82. The molecule has 0 unspecified atom stereocenters. The molecule has 2 aromatic rings. The quantitative estimate of drug-likeness (QED) is 0.920. The Bertz CT molecular complexity index is 714. The number of hydrogen-bond donors (Lipinski definition) is 1. The lowest BCUT2D eigenvalue weighted by Gasteiger charge is -2.04. The minimum absolute atomic E-state index is 0.215. The number of nitrogens with one attached hydrogen (secondary N) is 1. The lowest BCUT2D eigenvalue weighted by Crippen LogP contribution is -2.26. The maximum Gasteiger partial charge on any atom is 0.244 e. The van der Waals surface area contributed by atoms with E-state index in [2.05, 4.69) is 9.71 Å². The van der Waals surface area contributed by atoms with Gasteiger partial charge in [-0.2, -0.15) is 0 Å². The van der Waals surface area contributed by atoms with Gasteiger partial charge in [0.15, 0.2) is 0 Å². The summed E-state index contributed by atoms with van der Waals surface area (Å²) in [6.45, 7) is 7.63. The van der Waals surface area contributed by atoms with Crippen LogP contribution >= 0.6 is 11.3 Å². The second kappa shape index (κ2) is 5.67. The number of furan rings is 1. The standard InChI is InChI=1S/C13H18N2O3S2/c1-8-7-13(10(3)18-8)20(16,17)14-6-5-12-9(2)15-11(4)19-12/h7,14H,5-6H2,1-4H3. The molecule has 5 nitrogen and oxygen atoms in total. The number of aryl methyl sites for hydroxylation is 4. The SMILES string of the molecule is Cc1cc(S(=O)(=O)NCCc2sc(C)nc2C)c(C)o1. The third-order valence-corrected chi connectivity index (χ3v) is 5.63. The second-order valence-corrected chi connectivity index (χ2v) is 7.69.